The number of nitrogens with zero attached hydrogens (tertiary/aromatic N) is 1. The first kappa shape index (κ1) is 17.1. The smallest absolute Gasteiger partial charge is 0.307 e. The summed E-state index contributed by atoms with van der Waals surface area (Å²) in [5.41, 5.74) is 3.36. The van der Waals surface area contributed by atoms with E-state index in [1.165, 1.54) is 24.6 Å². The van der Waals surface area contributed by atoms with Crippen molar-refractivity contribution in [3.63, 3.8) is 0 Å². The van der Waals surface area contributed by atoms with Crippen LogP contribution < -0.4 is 10.2 Å². The van der Waals surface area contributed by atoms with Crippen molar-refractivity contribution in [3.05, 3.63) is 53.5 Å². The van der Waals surface area contributed by atoms with E-state index < -0.39 is 0 Å². The van der Waals surface area contributed by atoms with E-state index in [1.807, 2.05) is 18.2 Å². The molecule has 0 aliphatic carbocycles. The van der Waals surface area contributed by atoms with Crippen LogP contribution in [0.25, 0.3) is 0 Å². The lowest BCUT2D eigenvalue weighted by molar-refractivity contribution is -0.140. The van der Waals surface area contributed by atoms with Gasteiger partial charge in [0.2, 0.25) is 0 Å². The molecule has 1 aromatic carbocycles. The van der Waals surface area contributed by atoms with Gasteiger partial charge in [-0.05, 0) is 31.0 Å². The fourth-order valence-corrected chi connectivity index (χ4v) is 3.17. The van der Waals surface area contributed by atoms with Crippen LogP contribution in [0.4, 0.5) is 5.69 Å². The number of para-hydroxylation sites is 1. The molecule has 1 atom stereocenters. The number of methoxy groups -OCH3 is 1. The molecule has 0 radical (unpaired) electrons. The molecular formula is C19H22N2O4. The molecule has 0 bridgehead atoms. The van der Waals surface area contributed by atoms with Crippen LogP contribution >= 0.6 is 0 Å². The second-order valence-electron chi connectivity index (χ2n) is 6.17. The second kappa shape index (κ2) is 7.42. The van der Waals surface area contributed by atoms with Gasteiger partial charge in [-0.25, -0.2) is 0 Å². The number of furan rings is 1. The molecule has 6 heteroatoms. The zero-order chi connectivity index (χ0) is 17.8. The summed E-state index contributed by atoms with van der Waals surface area (Å²) >= 11 is 0. The number of ether oxygens (including phenoxy) is 1. The predicted octanol–water partition coefficient (Wildman–Crippen LogP) is 2.52. The van der Waals surface area contributed by atoms with Gasteiger partial charge in [0.1, 0.15) is 0 Å². The van der Waals surface area contributed by atoms with Gasteiger partial charge in [-0.1, -0.05) is 18.2 Å². The topological polar surface area (TPSA) is 71.8 Å². The van der Waals surface area contributed by atoms with E-state index in [1.54, 1.807) is 0 Å². The fourth-order valence-electron chi connectivity index (χ4n) is 3.17. The van der Waals surface area contributed by atoms with Crippen molar-refractivity contribution in [2.24, 2.45) is 0 Å². The minimum atomic E-state index is -0.359. The van der Waals surface area contributed by atoms with E-state index >= 15 is 0 Å². The molecule has 25 heavy (non-hydrogen) atoms. The lowest BCUT2D eigenvalue weighted by Crippen LogP contribution is -2.31. The largest absolute Gasteiger partial charge is 0.469 e. The maximum atomic E-state index is 12.3. The highest BCUT2D eigenvalue weighted by Gasteiger charge is 2.27. The van der Waals surface area contributed by atoms with Crippen molar-refractivity contribution < 1.29 is 18.7 Å². The van der Waals surface area contributed by atoms with Crippen molar-refractivity contribution in [2.75, 3.05) is 18.6 Å². The highest BCUT2D eigenvalue weighted by molar-refractivity contribution is 5.93. The van der Waals surface area contributed by atoms with Gasteiger partial charge in [-0.15, -0.1) is 0 Å². The monoisotopic (exact) mass is 342 g/mol. The summed E-state index contributed by atoms with van der Waals surface area (Å²) in [6.07, 6.45) is 2.65. The fraction of sp³-hybridized carbons (Fsp3) is 0.368. The zero-order valence-corrected chi connectivity index (χ0v) is 14.5. The number of anilines is 1. The third-order valence-corrected chi connectivity index (χ3v) is 4.48. The summed E-state index contributed by atoms with van der Waals surface area (Å²) < 4.78 is 9.95. The molecule has 132 valence electrons. The number of hydrogen-bond acceptors (Lipinski definition) is 5. The molecule has 1 unspecified atom stereocenters. The maximum Gasteiger partial charge on any atom is 0.307 e. The van der Waals surface area contributed by atoms with E-state index in [2.05, 4.69) is 34.0 Å². The number of rotatable bonds is 6. The highest BCUT2D eigenvalue weighted by atomic mass is 16.5. The molecule has 2 aromatic rings. The number of benzene rings is 1. The van der Waals surface area contributed by atoms with Crippen LogP contribution in [-0.4, -0.2) is 31.6 Å². The van der Waals surface area contributed by atoms with Crippen LogP contribution in [0.2, 0.25) is 0 Å². The van der Waals surface area contributed by atoms with Crippen LogP contribution in [-0.2, 0) is 22.5 Å². The summed E-state index contributed by atoms with van der Waals surface area (Å²) in [5.74, 6) is -0.382. The molecule has 3 rings (SSSR count). The number of esters is 1. The number of carbonyl (C=O) groups excluding carboxylic acids is 2. The third-order valence-electron chi connectivity index (χ3n) is 4.48. The Kier molecular flexibility index (Phi) is 5.07. The van der Waals surface area contributed by atoms with Gasteiger partial charge in [0.05, 0.1) is 19.8 Å². The van der Waals surface area contributed by atoms with Crippen LogP contribution in [0.3, 0.4) is 0 Å². The summed E-state index contributed by atoms with van der Waals surface area (Å²) in [4.78, 5) is 25.7. The number of amides is 1. The van der Waals surface area contributed by atoms with Crippen molar-refractivity contribution >= 4 is 17.6 Å². The molecule has 1 N–H and O–H groups in total. The van der Waals surface area contributed by atoms with Crippen molar-refractivity contribution in [2.45, 2.75) is 32.4 Å². The first-order valence-corrected chi connectivity index (χ1v) is 8.36. The van der Waals surface area contributed by atoms with Gasteiger partial charge in [-0.3, -0.25) is 9.59 Å². The van der Waals surface area contributed by atoms with Crippen LogP contribution in [0.1, 0.15) is 35.0 Å². The molecule has 0 fully saturated rings. The summed E-state index contributed by atoms with van der Waals surface area (Å²) in [6.45, 7) is 3.00. The molecule has 0 saturated heterocycles. The predicted molar refractivity (Wildman–Crippen MR) is 93.5 cm³/mol. The summed E-state index contributed by atoms with van der Waals surface area (Å²) in [7, 11) is 1.32. The van der Waals surface area contributed by atoms with Gasteiger partial charge in [-0.2, -0.15) is 0 Å². The van der Waals surface area contributed by atoms with E-state index in [0.717, 1.165) is 12.0 Å². The first-order valence-electron chi connectivity index (χ1n) is 8.36. The minimum absolute atomic E-state index is 0.134. The molecule has 1 aromatic heterocycles. The zero-order valence-electron chi connectivity index (χ0n) is 14.5. The molecule has 6 nitrogen and oxygen atoms in total. The summed E-state index contributed by atoms with van der Waals surface area (Å²) in [5, 5.41) is 2.69. The molecular weight excluding hydrogens is 320 g/mol. The van der Waals surface area contributed by atoms with Crippen LogP contribution in [0, 0.1) is 0 Å². The summed E-state index contributed by atoms with van der Waals surface area (Å²) in [6, 6.07) is 10.5. The van der Waals surface area contributed by atoms with Crippen LogP contribution in [0.5, 0.6) is 0 Å². The Balaban J connectivity index is 1.68. The maximum absolute atomic E-state index is 12.3. The molecule has 2 heterocycles. The third kappa shape index (κ3) is 3.68. The lowest BCUT2D eigenvalue weighted by atomic mass is 10.1. The molecule has 1 amide bonds. The van der Waals surface area contributed by atoms with Crippen molar-refractivity contribution in [1.82, 2.24) is 5.32 Å². The Morgan fingerprint density at radius 1 is 1.32 bits per heavy atom. The minimum Gasteiger partial charge on any atom is -0.469 e. The first-order chi connectivity index (χ1) is 12.1. The lowest BCUT2D eigenvalue weighted by Gasteiger charge is -2.24. The highest BCUT2D eigenvalue weighted by Crippen LogP contribution is 2.33. The average molecular weight is 342 g/mol. The van der Waals surface area contributed by atoms with Gasteiger partial charge in [0.25, 0.3) is 5.91 Å². The second-order valence-corrected chi connectivity index (χ2v) is 6.17. The van der Waals surface area contributed by atoms with Gasteiger partial charge in [0, 0.05) is 30.4 Å². The van der Waals surface area contributed by atoms with Gasteiger partial charge in [0.15, 0.2) is 5.76 Å². The normalized spacial score (nSPS) is 15.8. The van der Waals surface area contributed by atoms with E-state index in [4.69, 9.17) is 4.42 Å². The van der Waals surface area contributed by atoms with Crippen molar-refractivity contribution in [3.8, 4) is 0 Å². The number of hydrogen-bond donors (Lipinski definition) is 1. The van der Waals surface area contributed by atoms with E-state index in [0.29, 0.717) is 18.3 Å². The average Bonchev–Trinajstić information content (AvgIpc) is 3.20. The SMILES string of the molecule is COC(=O)CCNC(=O)c1occc1CN1c2ccccc2CC1C. The number of fused-ring (bicyclic) bond motifs is 1. The van der Waals surface area contributed by atoms with E-state index in [-0.39, 0.29) is 24.8 Å². The molecule has 0 saturated carbocycles. The number of carbonyl (C=O) groups is 2. The standard InChI is InChI=1S/C19H22N2O4/c1-13-11-14-5-3-4-6-16(14)21(13)12-15-8-10-25-18(15)19(23)20-9-7-17(22)24-2/h3-6,8,10,13H,7,9,11-12H2,1-2H3,(H,20,23). The van der Waals surface area contributed by atoms with Gasteiger partial charge >= 0.3 is 5.97 Å². The quantitative estimate of drug-likeness (QED) is 0.817. The molecule has 1 aliphatic heterocycles. The van der Waals surface area contributed by atoms with Crippen LogP contribution in [0.15, 0.2) is 41.0 Å². The Morgan fingerprint density at radius 3 is 2.92 bits per heavy atom. The van der Waals surface area contributed by atoms with Gasteiger partial charge < -0.3 is 19.4 Å². The Labute approximate surface area is 146 Å². The molecule has 1 aliphatic rings. The van der Waals surface area contributed by atoms with Crippen molar-refractivity contribution in [1.29, 1.82) is 0 Å². The Morgan fingerprint density at radius 2 is 2.12 bits per heavy atom. The molecule has 0 spiro atoms. The Bertz CT molecular complexity index is 768. The Hall–Kier alpha value is -2.76. The van der Waals surface area contributed by atoms with E-state index in [9.17, 15) is 9.59 Å². The number of nitrogens with one attached hydrogen (secondary N) is 1.